The highest BCUT2D eigenvalue weighted by Gasteiger charge is 2.23. The fraction of sp³-hybridized carbons (Fsp3) is 0.481. The number of hydrogen-bond acceptors (Lipinski definition) is 4. The number of para-hydroxylation sites is 2. The monoisotopic (exact) mass is 445 g/mol. The lowest BCUT2D eigenvalue weighted by atomic mass is 9.95. The Balaban J connectivity index is 1.19. The van der Waals surface area contributed by atoms with Crippen LogP contribution in [-0.4, -0.2) is 64.0 Å². The maximum Gasteiger partial charge on any atom is 0.234 e. The molecule has 2 aromatic carbocycles. The quantitative estimate of drug-likeness (QED) is 0.603. The predicted octanol–water partition coefficient (Wildman–Crippen LogP) is 3.65. The topological polar surface area (TPSA) is 53.4 Å². The van der Waals surface area contributed by atoms with E-state index in [0.29, 0.717) is 12.6 Å². The van der Waals surface area contributed by atoms with Gasteiger partial charge < -0.3 is 9.88 Å². The SMILES string of the molecule is O=C(CN1CCN(Cc2nc3ccccc3n2Cc2ccccc2)CC1)NC1CCCCC1. The number of piperazine rings is 1. The third-order valence-corrected chi connectivity index (χ3v) is 7.08. The van der Waals surface area contributed by atoms with Gasteiger partial charge in [-0.1, -0.05) is 61.7 Å². The summed E-state index contributed by atoms with van der Waals surface area (Å²) in [6.45, 7) is 5.98. The third-order valence-electron chi connectivity index (χ3n) is 7.08. The lowest BCUT2D eigenvalue weighted by Crippen LogP contribution is -2.50. The summed E-state index contributed by atoms with van der Waals surface area (Å²) in [5.74, 6) is 1.31. The number of fused-ring (bicyclic) bond motifs is 1. The standard InChI is InChI=1S/C27H35N5O/c33-27(28-23-11-5-2-6-12-23)21-31-17-15-30(16-18-31)20-26-29-24-13-7-8-14-25(24)32(26)19-22-9-3-1-4-10-22/h1,3-4,7-10,13-14,23H,2,5-6,11-12,15-21H2,(H,28,33). The number of aromatic nitrogens is 2. The van der Waals surface area contributed by atoms with Crippen molar-refractivity contribution in [3.05, 3.63) is 66.0 Å². The lowest BCUT2D eigenvalue weighted by molar-refractivity contribution is -0.123. The number of amides is 1. The van der Waals surface area contributed by atoms with Crippen LogP contribution in [0.25, 0.3) is 11.0 Å². The predicted molar refractivity (Wildman–Crippen MR) is 132 cm³/mol. The van der Waals surface area contributed by atoms with Gasteiger partial charge in [-0.25, -0.2) is 4.98 Å². The Kier molecular flexibility index (Phi) is 7.03. The number of carbonyl (C=O) groups is 1. The molecule has 1 amide bonds. The normalized spacial score (nSPS) is 18.5. The minimum absolute atomic E-state index is 0.194. The molecular formula is C27H35N5O. The van der Waals surface area contributed by atoms with Gasteiger partial charge in [-0.3, -0.25) is 14.6 Å². The van der Waals surface area contributed by atoms with Gasteiger partial charge in [-0.05, 0) is 30.5 Å². The van der Waals surface area contributed by atoms with E-state index >= 15 is 0 Å². The summed E-state index contributed by atoms with van der Waals surface area (Å²) in [5.41, 5.74) is 3.53. The van der Waals surface area contributed by atoms with Crippen LogP contribution >= 0.6 is 0 Å². The average molecular weight is 446 g/mol. The van der Waals surface area contributed by atoms with Crippen molar-refractivity contribution in [1.29, 1.82) is 0 Å². The average Bonchev–Trinajstić information content (AvgIpc) is 3.18. The first-order chi connectivity index (χ1) is 16.2. The number of nitrogens with one attached hydrogen (secondary N) is 1. The van der Waals surface area contributed by atoms with Crippen LogP contribution < -0.4 is 5.32 Å². The summed E-state index contributed by atoms with van der Waals surface area (Å²) >= 11 is 0. The first kappa shape index (κ1) is 22.1. The van der Waals surface area contributed by atoms with E-state index in [0.717, 1.165) is 63.5 Å². The maximum atomic E-state index is 12.5. The summed E-state index contributed by atoms with van der Waals surface area (Å²) in [6, 6.07) is 19.4. The molecule has 6 nitrogen and oxygen atoms in total. The molecule has 2 aliphatic rings. The fourth-order valence-electron chi connectivity index (χ4n) is 5.22. The zero-order valence-corrected chi connectivity index (χ0v) is 19.5. The Morgan fingerprint density at radius 3 is 2.33 bits per heavy atom. The highest BCUT2D eigenvalue weighted by Crippen LogP contribution is 2.20. The zero-order valence-electron chi connectivity index (χ0n) is 19.5. The van der Waals surface area contributed by atoms with Crippen LogP contribution in [0, 0.1) is 0 Å². The van der Waals surface area contributed by atoms with Crippen molar-refractivity contribution in [2.75, 3.05) is 32.7 Å². The minimum atomic E-state index is 0.194. The molecule has 0 bridgehead atoms. The van der Waals surface area contributed by atoms with Crippen molar-refractivity contribution in [1.82, 2.24) is 24.7 Å². The number of benzene rings is 2. The number of nitrogens with zero attached hydrogens (tertiary/aromatic N) is 4. The van der Waals surface area contributed by atoms with Crippen LogP contribution in [0.3, 0.4) is 0 Å². The van der Waals surface area contributed by atoms with E-state index in [9.17, 15) is 4.79 Å². The van der Waals surface area contributed by atoms with Crippen molar-refractivity contribution < 1.29 is 4.79 Å². The molecule has 0 unspecified atom stereocenters. The smallest absolute Gasteiger partial charge is 0.234 e. The summed E-state index contributed by atoms with van der Waals surface area (Å²) in [7, 11) is 0. The zero-order chi connectivity index (χ0) is 22.5. The molecule has 0 radical (unpaired) electrons. The van der Waals surface area contributed by atoms with Crippen LogP contribution in [0.5, 0.6) is 0 Å². The molecule has 3 aromatic rings. The summed E-state index contributed by atoms with van der Waals surface area (Å²) < 4.78 is 2.36. The molecule has 0 spiro atoms. The molecular weight excluding hydrogens is 410 g/mol. The molecule has 1 aromatic heterocycles. The highest BCUT2D eigenvalue weighted by atomic mass is 16.2. The molecule has 33 heavy (non-hydrogen) atoms. The van der Waals surface area contributed by atoms with E-state index < -0.39 is 0 Å². The van der Waals surface area contributed by atoms with Gasteiger partial charge in [0, 0.05) is 38.8 Å². The second kappa shape index (κ2) is 10.5. The Labute approximate surface area is 196 Å². The van der Waals surface area contributed by atoms with Crippen molar-refractivity contribution in [2.24, 2.45) is 0 Å². The molecule has 1 aliphatic heterocycles. The van der Waals surface area contributed by atoms with Gasteiger partial charge in [-0.15, -0.1) is 0 Å². The maximum absolute atomic E-state index is 12.5. The summed E-state index contributed by atoms with van der Waals surface area (Å²) in [4.78, 5) is 22.2. The first-order valence-electron chi connectivity index (χ1n) is 12.5. The van der Waals surface area contributed by atoms with E-state index in [2.05, 4.69) is 74.3 Å². The number of carbonyl (C=O) groups excluding carboxylic acids is 1. The Morgan fingerprint density at radius 1 is 0.848 bits per heavy atom. The van der Waals surface area contributed by atoms with E-state index in [1.165, 1.54) is 30.3 Å². The van der Waals surface area contributed by atoms with Crippen molar-refractivity contribution in [3.8, 4) is 0 Å². The summed E-state index contributed by atoms with van der Waals surface area (Å²) in [6.07, 6.45) is 6.10. The van der Waals surface area contributed by atoms with Crippen LogP contribution in [0.1, 0.15) is 43.5 Å². The Bertz CT molecular complexity index is 1050. The molecule has 5 rings (SSSR count). The van der Waals surface area contributed by atoms with Crippen LogP contribution in [-0.2, 0) is 17.9 Å². The van der Waals surface area contributed by atoms with Gasteiger partial charge in [0.1, 0.15) is 5.82 Å². The van der Waals surface area contributed by atoms with Gasteiger partial charge >= 0.3 is 0 Å². The molecule has 1 N–H and O–H groups in total. The second-order valence-electron chi connectivity index (χ2n) is 9.54. The van der Waals surface area contributed by atoms with E-state index in [-0.39, 0.29) is 5.91 Å². The van der Waals surface area contributed by atoms with Crippen molar-refractivity contribution >= 4 is 16.9 Å². The number of imidazole rings is 1. The lowest BCUT2D eigenvalue weighted by Gasteiger charge is -2.34. The second-order valence-corrected chi connectivity index (χ2v) is 9.54. The largest absolute Gasteiger partial charge is 0.352 e. The van der Waals surface area contributed by atoms with Crippen molar-refractivity contribution in [2.45, 2.75) is 51.2 Å². The molecule has 0 atom stereocenters. The Morgan fingerprint density at radius 2 is 1.55 bits per heavy atom. The first-order valence-corrected chi connectivity index (χ1v) is 12.5. The third kappa shape index (κ3) is 5.63. The molecule has 1 saturated heterocycles. The van der Waals surface area contributed by atoms with Gasteiger partial charge in [0.2, 0.25) is 5.91 Å². The van der Waals surface area contributed by atoms with Crippen molar-refractivity contribution in [3.63, 3.8) is 0 Å². The Hall–Kier alpha value is -2.70. The van der Waals surface area contributed by atoms with Crippen LogP contribution in [0.4, 0.5) is 0 Å². The molecule has 1 aliphatic carbocycles. The molecule has 1 saturated carbocycles. The molecule has 2 heterocycles. The molecule has 6 heteroatoms. The van der Waals surface area contributed by atoms with Gasteiger partial charge in [-0.2, -0.15) is 0 Å². The number of rotatable bonds is 7. The van der Waals surface area contributed by atoms with E-state index in [1.807, 2.05) is 0 Å². The number of hydrogen-bond donors (Lipinski definition) is 1. The van der Waals surface area contributed by atoms with E-state index in [1.54, 1.807) is 0 Å². The van der Waals surface area contributed by atoms with Crippen LogP contribution in [0.15, 0.2) is 54.6 Å². The summed E-state index contributed by atoms with van der Waals surface area (Å²) in [5, 5.41) is 3.26. The van der Waals surface area contributed by atoms with Gasteiger partial charge in [0.05, 0.1) is 24.1 Å². The fourth-order valence-corrected chi connectivity index (χ4v) is 5.22. The molecule has 174 valence electrons. The van der Waals surface area contributed by atoms with Crippen LogP contribution in [0.2, 0.25) is 0 Å². The molecule has 2 fully saturated rings. The highest BCUT2D eigenvalue weighted by molar-refractivity contribution is 5.78. The van der Waals surface area contributed by atoms with Gasteiger partial charge in [0.15, 0.2) is 0 Å². The minimum Gasteiger partial charge on any atom is -0.352 e. The van der Waals surface area contributed by atoms with E-state index in [4.69, 9.17) is 4.98 Å². The van der Waals surface area contributed by atoms with Gasteiger partial charge in [0.25, 0.3) is 0 Å².